The molecule has 7 nitrogen and oxygen atoms in total. The summed E-state index contributed by atoms with van der Waals surface area (Å²) in [5, 5.41) is 13.3. The number of para-hydroxylation sites is 1. The number of nitrogens with two attached hydrogens (primary N) is 2. The Morgan fingerprint density at radius 2 is 2.16 bits per heavy atom. The maximum Gasteiger partial charge on any atom is 0.292 e. The molecule has 1 amide bonds. The smallest absolute Gasteiger partial charge is 0.292 e. The van der Waals surface area contributed by atoms with Gasteiger partial charge in [-0.2, -0.15) is 0 Å². The molecule has 0 radical (unpaired) electrons. The molecule has 0 aliphatic carbocycles. The molecule has 8 heteroatoms. The Morgan fingerprint density at radius 1 is 1.53 bits per heavy atom. The van der Waals surface area contributed by atoms with E-state index in [0.717, 1.165) is 0 Å². The molecule has 0 bridgehead atoms. The summed E-state index contributed by atoms with van der Waals surface area (Å²) in [4.78, 5) is 21.8. The molecular weight excluding hydrogens is 272 g/mol. The lowest BCUT2D eigenvalue weighted by Gasteiger charge is -2.09. The number of amides is 1. The molecular formula is C11H17ClN4O3. The van der Waals surface area contributed by atoms with Crippen molar-refractivity contribution in [3.63, 3.8) is 0 Å². The van der Waals surface area contributed by atoms with Gasteiger partial charge in [0.15, 0.2) is 0 Å². The van der Waals surface area contributed by atoms with Crippen molar-refractivity contribution in [1.29, 1.82) is 0 Å². The lowest BCUT2D eigenvalue weighted by Crippen LogP contribution is -2.29. The van der Waals surface area contributed by atoms with Crippen LogP contribution in [0.15, 0.2) is 18.2 Å². The third kappa shape index (κ3) is 4.72. The van der Waals surface area contributed by atoms with Crippen LogP contribution < -0.4 is 16.8 Å². The summed E-state index contributed by atoms with van der Waals surface area (Å²) in [5.41, 5.74) is 10.8. The monoisotopic (exact) mass is 288 g/mol. The van der Waals surface area contributed by atoms with E-state index in [1.54, 1.807) is 0 Å². The second-order valence-corrected chi connectivity index (χ2v) is 4.02. The Morgan fingerprint density at radius 3 is 2.68 bits per heavy atom. The number of nitro groups is 1. The van der Waals surface area contributed by atoms with Crippen LogP contribution in [-0.2, 0) is 0 Å². The van der Waals surface area contributed by atoms with Crippen LogP contribution in [0.25, 0.3) is 0 Å². The van der Waals surface area contributed by atoms with Gasteiger partial charge in [0, 0.05) is 18.7 Å². The van der Waals surface area contributed by atoms with Crippen LogP contribution in [0.5, 0.6) is 0 Å². The van der Waals surface area contributed by atoms with Gasteiger partial charge in [0.25, 0.3) is 11.6 Å². The van der Waals surface area contributed by atoms with Crippen molar-refractivity contribution in [1.82, 2.24) is 5.32 Å². The van der Waals surface area contributed by atoms with Crippen molar-refractivity contribution in [2.45, 2.75) is 19.4 Å². The minimum absolute atomic E-state index is 0. The number of halogens is 1. The van der Waals surface area contributed by atoms with Crippen LogP contribution in [0.3, 0.4) is 0 Å². The molecule has 0 fully saturated rings. The number of nitrogens with one attached hydrogen (secondary N) is 1. The van der Waals surface area contributed by atoms with Gasteiger partial charge in [0.1, 0.15) is 5.69 Å². The van der Waals surface area contributed by atoms with Gasteiger partial charge in [-0.15, -0.1) is 12.4 Å². The fraction of sp³-hybridized carbons (Fsp3) is 0.364. The predicted molar refractivity (Wildman–Crippen MR) is 75.4 cm³/mol. The molecule has 0 saturated carbocycles. The summed E-state index contributed by atoms with van der Waals surface area (Å²) < 4.78 is 0. The summed E-state index contributed by atoms with van der Waals surface area (Å²) in [6, 6.07) is 4.11. The summed E-state index contributed by atoms with van der Waals surface area (Å²) in [6.45, 7) is 2.23. The Balaban J connectivity index is 0.00000324. The number of hydrogen-bond donors (Lipinski definition) is 3. The molecule has 0 aliphatic heterocycles. The van der Waals surface area contributed by atoms with Gasteiger partial charge in [-0.05, 0) is 19.4 Å². The summed E-state index contributed by atoms with van der Waals surface area (Å²) in [5.74, 6) is -0.433. The van der Waals surface area contributed by atoms with E-state index in [0.29, 0.717) is 13.0 Å². The van der Waals surface area contributed by atoms with E-state index >= 15 is 0 Å². The van der Waals surface area contributed by atoms with Gasteiger partial charge in [0.05, 0.1) is 10.5 Å². The molecule has 0 saturated heterocycles. The van der Waals surface area contributed by atoms with E-state index in [9.17, 15) is 14.9 Å². The molecule has 0 aliphatic rings. The molecule has 1 unspecified atom stereocenters. The zero-order chi connectivity index (χ0) is 13.7. The van der Waals surface area contributed by atoms with Crippen molar-refractivity contribution < 1.29 is 9.72 Å². The predicted octanol–water partition coefficient (Wildman–Crippen LogP) is 1.07. The van der Waals surface area contributed by atoms with Gasteiger partial charge in [-0.3, -0.25) is 14.9 Å². The fourth-order valence-electron chi connectivity index (χ4n) is 1.42. The number of nitrogen functional groups attached to an aromatic ring is 1. The van der Waals surface area contributed by atoms with Gasteiger partial charge in [-0.25, -0.2) is 0 Å². The van der Waals surface area contributed by atoms with Gasteiger partial charge < -0.3 is 16.8 Å². The van der Waals surface area contributed by atoms with E-state index < -0.39 is 10.8 Å². The normalized spacial score (nSPS) is 11.3. The Labute approximate surface area is 116 Å². The number of benzene rings is 1. The number of hydrogen-bond acceptors (Lipinski definition) is 5. The number of anilines is 1. The van der Waals surface area contributed by atoms with Crippen LogP contribution in [-0.4, -0.2) is 23.4 Å². The highest BCUT2D eigenvalue weighted by molar-refractivity contribution is 6.00. The highest BCUT2D eigenvalue weighted by Gasteiger charge is 2.18. The molecule has 106 valence electrons. The van der Waals surface area contributed by atoms with Gasteiger partial charge in [-0.1, -0.05) is 6.07 Å². The number of carbonyl (C=O) groups excluding carboxylic acids is 1. The maximum atomic E-state index is 11.8. The second kappa shape index (κ2) is 7.55. The van der Waals surface area contributed by atoms with E-state index in [1.165, 1.54) is 18.2 Å². The highest BCUT2D eigenvalue weighted by atomic mass is 35.5. The van der Waals surface area contributed by atoms with Crippen molar-refractivity contribution in [2.24, 2.45) is 5.73 Å². The van der Waals surface area contributed by atoms with Gasteiger partial charge in [0.2, 0.25) is 0 Å². The fourth-order valence-corrected chi connectivity index (χ4v) is 1.42. The molecule has 19 heavy (non-hydrogen) atoms. The van der Waals surface area contributed by atoms with Crippen LogP contribution in [0.4, 0.5) is 11.4 Å². The summed E-state index contributed by atoms with van der Waals surface area (Å²) >= 11 is 0. The topological polar surface area (TPSA) is 124 Å². The molecule has 0 spiro atoms. The average molecular weight is 289 g/mol. The Bertz CT molecular complexity index is 465. The first-order chi connectivity index (χ1) is 8.43. The Hall–Kier alpha value is -1.86. The first kappa shape index (κ1) is 17.1. The van der Waals surface area contributed by atoms with Crippen molar-refractivity contribution >= 4 is 29.7 Å². The second-order valence-electron chi connectivity index (χ2n) is 4.02. The average Bonchev–Trinajstić information content (AvgIpc) is 2.28. The van der Waals surface area contributed by atoms with E-state index in [1.807, 2.05) is 6.92 Å². The third-order valence-electron chi connectivity index (χ3n) is 2.41. The first-order valence-corrected chi connectivity index (χ1v) is 5.50. The number of nitro benzene ring substituents is 1. The van der Waals surface area contributed by atoms with Crippen LogP contribution >= 0.6 is 12.4 Å². The SMILES string of the molecule is CC(N)CCNC(=O)c1cccc([N+](=O)[O-])c1N.Cl. The molecule has 1 rings (SSSR count). The molecule has 5 N–H and O–H groups in total. The largest absolute Gasteiger partial charge is 0.393 e. The molecule has 1 aromatic rings. The molecule has 1 atom stereocenters. The van der Waals surface area contributed by atoms with Crippen LogP contribution in [0, 0.1) is 10.1 Å². The molecule has 1 aromatic carbocycles. The summed E-state index contributed by atoms with van der Waals surface area (Å²) in [7, 11) is 0. The zero-order valence-corrected chi connectivity index (χ0v) is 11.3. The minimum atomic E-state index is -0.617. The number of carbonyl (C=O) groups is 1. The van der Waals surface area contributed by atoms with Crippen LogP contribution in [0.1, 0.15) is 23.7 Å². The summed E-state index contributed by atoms with van der Waals surface area (Å²) in [6.07, 6.45) is 0.626. The standard InChI is InChI=1S/C11H16N4O3.ClH/c1-7(12)5-6-14-11(16)8-3-2-4-9(10(8)13)15(17)18;/h2-4,7H,5-6,12-13H2,1H3,(H,14,16);1H. The van der Waals surface area contributed by atoms with E-state index in [4.69, 9.17) is 11.5 Å². The van der Waals surface area contributed by atoms with Gasteiger partial charge >= 0.3 is 0 Å². The lowest BCUT2D eigenvalue weighted by atomic mass is 10.1. The maximum absolute atomic E-state index is 11.8. The zero-order valence-electron chi connectivity index (χ0n) is 10.5. The van der Waals surface area contributed by atoms with E-state index in [2.05, 4.69) is 5.32 Å². The van der Waals surface area contributed by atoms with E-state index in [-0.39, 0.29) is 35.4 Å². The first-order valence-electron chi connectivity index (χ1n) is 5.50. The third-order valence-corrected chi connectivity index (χ3v) is 2.41. The highest BCUT2D eigenvalue weighted by Crippen LogP contribution is 2.24. The van der Waals surface area contributed by atoms with Crippen molar-refractivity contribution in [2.75, 3.05) is 12.3 Å². The van der Waals surface area contributed by atoms with Crippen molar-refractivity contribution in [3.05, 3.63) is 33.9 Å². The number of rotatable bonds is 5. The quantitative estimate of drug-likeness (QED) is 0.424. The molecule has 0 aromatic heterocycles. The Kier molecular flexibility index (Phi) is 6.81. The minimum Gasteiger partial charge on any atom is -0.393 e. The van der Waals surface area contributed by atoms with Crippen molar-refractivity contribution in [3.8, 4) is 0 Å². The lowest BCUT2D eigenvalue weighted by molar-refractivity contribution is -0.383. The van der Waals surface area contributed by atoms with Crippen LogP contribution in [0.2, 0.25) is 0 Å². The number of nitrogens with zero attached hydrogens (tertiary/aromatic N) is 1. The molecule has 0 heterocycles.